The molecule has 0 radical (unpaired) electrons. The quantitative estimate of drug-likeness (QED) is 0.164. The number of aliphatic imine (C=N–C) groups is 1. The molecule has 0 unspecified atom stereocenters. The minimum absolute atomic E-state index is 0.634. The number of thiophene rings is 1. The van der Waals surface area contributed by atoms with Gasteiger partial charge in [-0.2, -0.15) is 0 Å². The van der Waals surface area contributed by atoms with E-state index in [0.29, 0.717) is 17.5 Å². The standard InChI is InChI=1S/C49H33N5S/c1-2-7-37(8-3-1)47-52-48(38-22-16-32(17-23-38)34-26-29-50-30-27-34)54-49(53-47)39-24-20-36(21-25-39)42-11-5-13-44-43-12-4-10-41(45(43)55-46(42)44)35-18-14-33(15-19-35)40-9-6-28-51-31-40/h1-5,7-8,10-31H,6,9H2. The first-order chi connectivity index (χ1) is 27.2. The Hall–Kier alpha value is -6.89. The van der Waals surface area contributed by atoms with Crippen molar-refractivity contribution in [1.82, 2.24) is 19.9 Å². The second-order valence-corrected chi connectivity index (χ2v) is 14.7. The molecule has 3 aromatic heterocycles. The summed E-state index contributed by atoms with van der Waals surface area (Å²) in [4.78, 5) is 23.5. The SMILES string of the molecule is C1=NC=C(c2ccc(-c3cccc4c3sc3c(-c5ccc(-c6nc(-c7ccccc7)nc(-c7ccc(-c8ccncc8)cc7)n6)cc5)cccc34)cc2)CC1. The van der Waals surface area contributed by atoms with Crippen LogP contribution < -0.4 is 0 Å². The monoisotopic (exact) mass is 723 g/mol. The van der Waals surface area contributed by atoms with Crippen LogP contribution in [0.4, 0.5) is 0 Å². The zero-order chi connectivity index (χ0) is 36.6. The molecule has 0 aliphatic carbocycles. The highest BCUT2D eigenvalue weighted by atomic mass is 32.1. The number of aromatic nitrogens is 4. The Labute approximate surface area is 323 Å². The van der Waals surface area contributed by atoms with E-state index in [1.54, 1.807) is 0 Å². The second kappa shape index (κ2) is 14.2. The fraction of sp³-hybridized carbons (Fsp3) is 0.0408. The van der Waals surface area contributed by atoms with Gasteiger partial charge in [0.05, 0.1) is 0 Å². The van der Waals surface area contributed by atoms with Gasteiger partial charge in [-0.3, -0.25) is 9.98 Å². The number of pyridine rings is 1. The molecule has 0 spiro atoms. The average molecular weight is 724 g/mol. The third kappa shape index (κ3) is 6.33. The van der Waals surface area contributed by atoms with Crippen LogP contribution in [0.15, 0.2) is 175 Å². The number of hydrogen-bond donors (Lipinski definition) is 0. The third-order valence-electron chi connectivity index (χ3n) is 10.2. The number of fused-ring (bicyclic) bond motifs is 3. The maximum Gasteiger partial charge on any atom is 0.164 e. The van der Waals surface area contributed by atoms with Crippen LogP contribution in [0.25, 0.3) is 93.3 Å². The summed E-state index contributed by atoms with van der Waals surface area (Å²) in [5, 5.41) is 2.55. The maximum absolute atomic E-state index is 5.01. The number of hydrogen-bond acceptors (Lipinski definition) is 6. The van der Waals surface area contributed by atoms with Crippen molar-refractivity contribution in [2.45, 2.75) is 12.8 Å². The first kappa shape index (κ1) is 32.7. The van der Waals surface area contributed by atoms with Crippen LogP contribution in [-0.4, -0.2) is 26.2 Å². The van der Waals surface area contributed by atoms with Crippen LogP contribution in [0, 0.1) is 0 Å². The van der Waals surface area contributed by atoms with Crippen LogP contribution in [0.1, 0.15) is 18.4 Å². The van der Waals surface area contributed by atoms with Gasteiger partial charge in [0.2, 0.25) is 0 Å². The largest absolute Gasteiger partial charge is 0.269 e. The van der Waals surface area contributed by atoms with Gasteiger partial charge in [-0.1, -0.05) is 140 Å². The molecule has 1 aliphatic heterocycles. The molecular weight excluding hydrogens is 691 g/mol. The molecule has 0 atom stereocenters. The molecule has 6 heteroatoms. The summed E-state index contributed by atoms with van der Waals surface area (Å²) in [7, 11) is 0. The van der Waals surface area contributed by atoms with Gasteiger partial charge >= 0.3 is 0 Å². The van der Waals surface area contributed by atoms with Crippen LogP contribution >= 0.6 is 11.3 Å². The Kier molecular flexibility index (Phi) is 8.43. The van der Waals surface area contributed by atoms with E-state index in [9.17, 15) is 0 Å². The van der Waals surface area contributed by atoms with E-state index in [2.05, 4.69) is 119 Å². The summed E-state index contributed by atoms with van der Waals surface area (Å²) in [5.41, 5.74) is 12.4. The molecule has 10 rings (SSSR count). The molecule has 0 N–H and O–H groups in total. The normalized spacial score (nSPS) is 12.6. The minimum atomic E-state index is 0.634. The van der Waals surface area contributed by atoms with Gasteiger partial charge < -0.3 is 0 Å². The van der Waals surface area contributed by atoms with Crippen LogP contribution in [0.5, 0.6) is 0 Å². The lowest BCUT2D eigenvalue weighted by Gasteiger charge is -2.10. The fourth-order valence-electron chi connectivity index (χ4n) is 7.36. The van der Waals surface area contributed by atoms with Crippen molar-refractivity contribution in [3.05, 3.63) is 176 Å². The highest BCUT2D eigenvalue weighted by Gasteiger charge is 2.16. The van der Waals surface area contributed by atoms with Gasteiger partial charge in [0.25, 0.3) is 0 Å². The molecule has 0 saturated heterocycles. The van der Waals surface area contributed by atoms with Crippen LogP contribution in [0.2, 0.25) is 0 Å². The van der Waals surface area contributed by atoms with Gasteiger partial charge in [0, 0.05) is 61.7 Å². The molecule has 0 amide bonds. The van der Waals surface area contributed by atoms with Crippen molar-refractivity contribution < 1.29 is 0 Å². The molecule has 5 nitrogen and oxygen atoms in total. The average Bonchev–Trinajstić information content (AvgIpc) is 3.67. The molecule has 9 aromatic rings. The third-order valence-corrected chi connectivity index (χ3v) is 11.5. The van der Waals surface area contributed by atoms with E-state index < -0.39 is 0 Å². The van der Waals surface area contributed by atoms with Crippen molar-refractivity contribution in [1.29, 1.82) is 0 Å². The first-order valence-electron chi connectivity index (χ1n) is 18.4. The predicted octanol–water partition coefficient (Wildman–Crippen LogP) is 12.8. The van der Waals surface area contributed by atoms with E-state index in [1.165, 1.54) is 48.0 Å². The number of rotatable bonds is 7. The Morgan fingerprint density at radius 1 is 0.400 bits per heavy atom. The molecule has 0 saturated carbocycles. The lowest BCUT2D eigenvalue weighted by molar-refractivity contribution is 1.07. The summed E-state index contributed by atoms with van der Waals surface area (Å²) in [5.74, 6) is 1.91. The Morgan fingerprint density at radius 2 is 0.873 bits per heavy atom. The van der Waals surface area contributed by atoms with Gasteiger partial charge in [-0.05, 0) is 69.5 Å². The summed E-state index contributed by atoms with van der Waals surface area (Å²) in [6.45, 7) is 0. The topological polar surface area (TPSA) is 63.9 Å². The predicted molar refractivity (Wildman–Crippen MR) is 229 cm³/mol. The number of nitrogens with zero attached hydrogens (tertiary/aromatic N) is 5. The number of benzene rings is 6. The summed E-state index contributed by atoms with van der Waals surface area (Å²) in [6.07, 6.45) is 9.63. The molecule has 1 aliphatic rings. The van der Waals surface area contributed by atoms with Crippen molar-refractivity contribution >= 4 is 43.3 Å². The zero-order valence-corrected chi connectivity index (χ0v) is 30.6. The van der Waals surface area contributed by atoms with Crippen molar-refractivity contribution in [2.75, 3.05) is 0 Å². The Balaban J connectivity index is 1.01. The smallest absolute Gasteiger partial charge is 0.164 e. The Bertz CT molecular complexity index is 2880. The second-order valence-electron chi connectivity index (χ2n) is 13.6. The highest BCUT2D eigenvalue weighted by molar-refractivity contribution is 7.26. The van der Waals surface area contributed by atoms with E-state index in [-0.39, 0.29) is 0 Å². The van der Waals surface area contributed by atoms with E-state index >= 15 is 0 Å². The van der Waals surface area contributed by atoms with Gasteiger partial charge in [0.1, 0.15) is 0 Å². The van der Waals surface area contributed by atoms with Crippen molar-refractivity contribution in [2.24, 2.45) is 4.99 Å². The molecule has 6 aromatic carbocycles. The zero-order valence-electron chi connectivity index (χ0n) is 29.8. The van der Waals surface area contributed by atoms with Crippen molar-refractivity contribution in [3.63, 3.8) is 0 Å². The summed E-state index contributed by atoms with van der Waals surface area (Å²) >= 11 is 1.87. The van der Waals surface area contributed by atoms with Gasteiger partial charge in [-0.15, -0.1) is 11.3 Å². The molecule has 0 bridgehead atoms. The van der Waals surface area contributed by atoms with Gasteiger partial charge in [0.15, 0.2) is 17.5 Å². The van der Waals surface area contributed by atoms with E-state index in [0.717, 1.165) is 46.2 Å². The minimum Gasteiger partial charge on any atom is -0.269 e. The molecular formula is C49H33N5S. The number of allylic oxidation sites excluding steroid dienone is 1. The van der Waals surface area contributed by atoms with E-state index in [4.69, 9.17) is 15.0 Å². The van der Waals surface area contributed by atoms with Crippen molar-refractivity contribution in [3.8, 4) is 67.5 Å². The summed E-state index contributed by atoms with van der Waals surface area (Å²) in [6, 6.07) is 53.4. The van der Waals surface area contributed by atoms with Crippen LogP contribution in [-0.2, 0) is 0 Å². The van der Waals surface area contributed by atoms with Crippen LogP contribution in [0.3, 0.4) is 0 Å². The molecule has 4 heterocycles. The Morgan fingerprint density at radius 3 is 1.40 bits per heavy atom. The highest BCUT2D eigenvalue weighted by Crippen LogP contribution is 2.44. The maximum atomic E-state index is 5.01. The lowest BCUT2D eigenvalue weighted by atomic mass is 9.96. The molecule has 0 fully saturated rings. The molecule has 260 valence electrons. The first-order valence-corrected chi connectivity index (χ1v) is 19.3. The summed E-state index contributed by atoms with van der Waals surface area (Å²) < 4.78 is 2.58. The van der Waals surface area contributed by atoms with Gasteiger partial charge in [-0.25, -0.2) is 15.0 Å². The molecule has 55 heavy (non-hydrogen) atoms. The fourth-order valence-corrected chi connectivity index (χ4v) is 8.74. The van der Waals surface area contributed by atoms with E-state index in [1.807, 2.05) is 78.6 Å². The lowest BCUT2D eigenvalue weighted by Crippen LogP contribution is -2.00.